The molecule has 0 unspecified atom stereocenters. The van der Waals surface area contributed by atoms with Gasteiger partial charge in [-0.2, -0.15) is 0 Å². The first-order valence-electron chi connectivity index (χ1n) is 7.25. The first-order chi connectivity index (χ1) is 11.0. The molecule has 23 heavy (non-hydrogen) atoms. The molecule has 2 N–H and O–H groups in total. The van der Waals surface area contributed by atoms with Crippen LogP contribution in [0.1, 0.15) is 21.7 Å². The largest absolute Gasteiger partial charge is 0.508 e. The Kier molecular flexibility index (Phi) is 4.21. The monoisotopic (exact) mass is 329 g/mol. The second-order valence-electron chi connectivity index (χ2n) is 5.29. The highest BCUT2D eigenvalue weighted by molar-refractivity contribution is 6.30. The van der Waals surface area contributed by atoms with Crippen LogP contribution in [0.2, 0.25) is 5.02 Å². The van der Waals surface area contributed by atoms with E-state index in [1.54, 1.807) is 41.8 Å². The smallest absolute Gasteiger partial charge is 0.270 e. The van der Waals surface area contributed by atoms with Crippen molar-refractivity contribution in [3.8, 4) is 5.75 Å². The van der Waals surface area contributed by atoms with Gasteiger partial charge in [-0.25, -0.2) is 4.98 Å². The lowest BCUT2D eigenvalue weighted by Gasteiger charge is -2.06. The average Bonchev–Trinajstić information content (AvgIpc) is 2.84. The lowest BCUT2D eigenvalue weighted by molar-refractivity contribution is 0.0947. The molecular formula is C17H16ClN3O2. The summed E-state index contributed by atoms with van der Waals surface area (Å²) in [6.45, 7) is 2.30. The Hall–Kier alpha value is -2.53. The topological polar surface area (TPSA) is 66.6 Å². The summed E-state index contributed by atoms with van der Waals surface area (Å²) in [5.74, 6) is 0.0482. The van der Waals surface area contributed by atoms with E-state index in [0.29, 0.717) is 35.0 Å². The standard InChI is InChI=1S/C17H16ClN3O2/c1-11-16(21-10-13(18)4-7-15(21)20-11)17(23)19-9-8-12-2-5-14(22)6-3-12/h2-7,10,22H,8-9H2,1H3,(H,19,23). The normalized spacial score (nSPS) is 10.9. The molecule has 0 fully saturated rings. The van der Waals surface area contributed by atoms with E-state index in [1.165, 1.54) is 0 Å². The van der Waals surface area contributed by atoms with Gasteiger partial charge in [0.2, 0.25) is 0 Å². The highest BCUT2D eigenvalue weighted by Crippen LogP contribution is 2.16. The third-order valence-electron chi connectivity index (χ3n) is 3.61. The molecule has 3 rings (SSSR count). The predicted octanol–water partition coefficient (Wildman–Crippen LogP) is 2.97. The summed E-state index contributed by atoms with van der Waals surface area (Å²) in [5, 5.41) is 12.7. The van der Waals surface area contributed by atoms with Gasteiger partial charge in [-0.3, -0.25) is 9.20 Å². The fourth-order valence-electron chi connectivity index (χ4n) is 2.48. The molecule has 0 aliphatic carbocycles. The fourth-order valence-corrected chi connectivity index (χ4v) is 2.64. The maximum atomic E-state index is 12.4. The minimum atomic E-state index is -0.184. The molecule has 6 heteroatoms. The van der Waals surface area contributed by atoms with Crippen LogP contribution in [-0.2, 0) is 6.42 Å². The van der Waals surface area contributed by atoms with E-state index in [9.17, 15) is 9.90 Å². The number of aromatic nitrogens is 2. The van der Waals surface area contributed by atoms with Crippen LogP contribution < -0.4 is 5.32 Å². The Morgan fingerprint density at radius 3 is 2.74 bits per heavy atom. The zero-order valence-electron chi connectivity index (χ0n) is 12.6. The number of amides is 1. The van der Waals surface area contributed by atoms with Crippen LogP contribution in [0, 0.1) is 6.92 Å². The van der Waals surface area contributed by atoms with Crippen molar-refractivity contribution in [2.45, 2.75) is 13.3 Å². The van der Waals surface area contributed by atoms with Gasteiger partial charge in [-0.05, 0) is 43.2 Å². The Labute approximate surface area is 138 Å². The number of pyridine rings is 1. The van der Waals surface area contributed by atoms with Crippen LogP contribution in [0.25, 0.3) is 5.65 Å². The number of phenols is 1. The SMILES string of the molecule is Cc1nc2ccc(Cl)cn2c1C(=O)NCCc1ccc(O)cc1. The Bertz CT molecular complexity index is 856. The molecule has 118 valence electrons. The van der Waals surface area contributed by atoms with Crippen LogP contribution in [0.3, 0.4) is 0 Å². The summed E-state index contributed by atoms with van der Waals surface area (Å²) in [7, 11) is 0. The minimum absolute atomic E-state index is 0.184. The molecule has 1 amide bonds. The fraction of sp³-hybridized carbons (Fsp3) is 0.176. The van der Waals surface area contributed by atoms with E-state index < -0.39 is 0 Å². The molecule has 3 aromatic rings. The van der Waals surface area contributed by atoms with Gasteiger partial charge >= 0.3 is 0 Å². The molecule has 0 saturated carbocycles. The summed E-state index contributed by atoms with van der Waals surface area (Å²) in [6, 6.07) is 10.5. The van der Waals surface area contributed by atoms with Gasteiger partial charge in [0.1, 0.15) is 17.1 Å². The number of rotatable bonds is 4. The predicted molar refractivity (Wildman–Crippen MR) is 89.1 cm³/mol. The Morgan fingerprint density at radius 1 is 1.26 bits per heavy atom. The van der Waals surface area contributed by atoms with E-state index in [0.717, 1.165) is 5.56 Å². The zero-order chi connectivity index (χ0) is 16.4. The number of benzene rings is 1. The highest BCUT2D eigenvalue weighted by Gasteiger charge is 2.16. The van der Waals surface area contributed by atoms with E-state index >= 15 is 0 Å². The van der Waals surface area contributed by atoms with E-state index in [2.05, 4.69) is 10.3 Å². The summed E-state index contributed by atoms with van der Waals surface area (Å²) in [4.78, 5) is 16.8. The highest BCUT2D eigenvalue weighted by atomic mass is 35.5. The third kappa shape index (κ3) is 3.29. The molecule has 5 nitrogen and oxygen atoms in total. The number of nitrogens with one attached hydrogen (secondary N) is 1. The number of carbonyl (C=O) groups excluding carboxylic acids is 1. The zero-order valence-corrected chi connectivity index (χ0v) is 13.3. The first kappa shape index (κ1) is 15.4. The second kappa shape index (κ2) is 6.30. The molecule has 2 aromatic heterocycles. The summed E-state index contributed by atoms with van der Waals surface area (Å²) in [6.07, 6.45) is 2.37. The van der Waals surface area contributed by atoms with Crippen molar-refractivity contribution in [3.05, 3.63) is 64.6 Å². The van der Waals surface area contributed by atoms with Gasteiger partial charge in [-0.1, -0.05) is 23.7 Å². The van der Waals surface area contributed by atoms with Gasteiger partial charge in [0.05, 0.1) is 10.7 Å². The van der Waals surface area contributed by atoms with Gasteiger partial charge in [0.25, 0.3) is 5.91 Å². The molecular weight excluding hydrogens is 314 g/mol. The third-order valence-corrected chi connectivity index (χ3v) is 3.83. The number of nitrogens with zero attached hydrogens (tertiary/aromatic N) is 2. The number of fused-ring (bicyclic) bond motifs is 1. The molecule has 0 spiro atoms. The van der Waals surface area contributed by atoms with Crippen LogP contribution in [0.5, 0.6) is 5.75 Å². The van der Waals surface area contributed by atoms with Gasteiger partial charge in [0, 0.05) is 12.7 Å². The summed E-state index contributed by atoms with van der Waals surface area (Å²) < 4.78 is 1.70. The van der Waals surface area contributed by atoms with Crippen molar-refractivity contribution < 1.29 is 9.90 Å². The Balaban J connectivity index is 1.72. The first-order valence-corrected chi connectivity index (χ1v) is 7.63. The molecule has 1 aromatic carbocycles. The van der Waals surface area contributed by atoms with E-state index in [1.807, 2.05) is 12.1 Å². The van der Waals surface area contributed by atoms with Crippen molar-refractivity contribution in [1.29, 1.82) is 0 Å². The summed E-state index contributed by atoms with van der Waals surface area (Å²) in [5.41, 5.74) is 2.89. The van der Waals surface area contributed by atoms with Crippen LogP contribution in [-0.4, -0.2) is 26.9 Å². The Morgan fingerprint density at radius 2 is 2.00 bits per heavy atom. The van der Waals surface area contributed by atoms with Gasteiger partial charge in [0.15, 0.2) is 0 Å². The lowest BCUT2D eigenvalue weighted by atomic mass is 10.1. The van der Waals surface area contributed by atoms with Crippen LogP contribution >= 0.6 is 11.6 Å². The van der Waals surface area contributed by atoms with Crippen LogP contribution in [0.15, 0.2) is 42.6 Å². The van der Waals surface area contributed by atoms with Crippen molar-refractivity contribution >= 4 is 23.2 Å². The van der Waals surface area contributed by atoms with Crippen molar-refractivity contribution in [2.75, 3.05) is 6.54 Å². The minimum Gasteiger partial charge on any atom is -0.508 e. The summed E-state index contributed by atoms with van der Waals surface area (Å²) >= 11 is 6.00. The number of phenolic OH excluding ortho intramolecular Hbond substituents is 1. The van der Waals surface area contributed by atoms with E-state index in [4.69, 9.17) is 11.6 Å². The maximum absolute atomic E-state index is 12.4. The van der Waals surface area contributed by atoms with E-state index in [-0.39, 0.29) is 11.7 Å². The molecule has 0 radical (unpaired) electrons. The quantitative estimate of drug-likeness (QED) is 0.773. The molecule has 0 aliphatic rings. The lowest BCUT2D eigenvalue weighted by Crippen LogP contribution is -2.27. The second-order valence-corrected chi connectivity index (χ2v) is 5.73. The molecule has 0 bridgehead atoms. The molecule has 0 saturated heterocycles. The van der Waals surface area contributed by atoms with Crippen LogP contribution in [0.4, 0.5) is 0 Å². The average molecular weight is 330 g/mol. The van der Waals surface area contributed by atoms with Crippen molar-refractivity contribution in [1.82, 2.24) is 14.7 Å². The number of hydrogen-bond acceptors (Lipinski definition) is 3. The number of carbonyl (C=O) groups is 1. The number of halogens is 1. The number of imidazole rings is 1. The maximum Gasteiger partial charge on any atom is 0.270 e. The van der Waals surface area contributed by atoms with Gasteiger partial charge in [-0.15, -0.1) is 0 Å². The molecule has 2 heterocycles. The molecule has 0 aliphatic heterocycles. The van der Waals surface area contributed by atoms with Crippen molar-refractivity contribution in [2.24, 2.45) is 0 Å². The number of aryl methyl sites for hydroxylation is 1. The number of hydrogen-bond donors (Lipinski definition) is 2. The van der Waals surface area contributed by atoms with Gasteiger partial charge < -0.3 is 10.4 Å². The van der Waals surface area contributed by atoms with Crippen molar-refractivity contribution in [3.63, 3.8) is 0 Å². The number of aromatic hydroxyl groups is 1. The molecule has 0 atom stereocenters.